The maximum Gasteiger partial charge on any atom is 0.240 e. The van der Waals surface area contributed by atoms with Gasteiger partial charge in [-0.3, -0.25) is 5.84 Å². The molecule has 1 atom stereocenters. The van der Waals surface area contributed by atoms with E-state index in [1.54, 1.807) is 6.07 Å². The lowest BCUT2D eigenvalue weighted by molar-refractivity contribution is 0.352. The fourth-order valence-corrected chi connectivity index (χ4v) is 2.37. The van der Waals surface area contributed by atoms with Gasteiger partial charge in [0, 0.05) is 4.47 Å². The molecule has 2 rings (SSSR count). The molecule has 0 bridgehead atoms. The lowest BCUT2D eigenvalue weighted by Gasteiger charge is -2.18. The summed E-state index contributed by atoms with van der Waals surface area (Å²) < 4.78 is 24.3. The van der Waals surface area contributed by atoms with Crippen molar-refractivity contribution in [2.24, 2.45) is 5.84 Å². The Kier molecular flexibility index (Phi) is 5.05. The predicted molar refractivity (Wildman–Crippen MR) is 78.4 cm³/mol. The Morgan fingerprint density at radius 3 is 2.62 bits per heavy atom. The zero-order chi connectivity index (χ0) is 15.4. The van der Waals surface area contributed by atoms with Crippen LogP contribution in [0.2, 0.25) is 0 Å². The lowest BCUT2D eigenvalue weighted by Crippen LogP contribution is -2.30. The average molecular weight is 357 g/mol. The standard InChI is InChI=1S/C13H14BrFN4O2/c1-20-10-6-17-12(13(18-10)21-2)11(19-16)7-3-8(14)5-9(15)4-7/h3-6,11,19H,16H2,1-2H3. The summed E-state index contributed by atoms with van der Waals surface area (Å²) in [5.74, 6) is 5.76. The Balaban J connectivity index is 2.50. The van der Waals surface area contributed by atoms with E-state index in [9.17, 15) is 4.39 Å². The molecule has 0 fully saturated rings. The van der Waals surface area contributed by atoms with Crippen molar-refractivity contribution in [3.8, 4) is 11.8 Å². The zero-order valence-corrected chi connectivity index (χ0v) is 13.0. The van der Waals surface area contributed by atoms with Gasteiger partial charge >= 0.3 is 0 Å². The van der Waals surface area contributed by atoms with Crippen LogP contribution in [0.3, 0.4) is 0 Å². The molecule has 112 valence electrons. The van der Waals surface area contributed by atoms with Crippen LogP contribution in [-0.2, 0) is 0 Å². The summed E-state index contributed by atoms with van der Waals surface area (Å²) in [5.41, 5.74) is 3.60. The molecule has 0 aliphatic rings. The molecule has 3 N–H and O–H groups in total. The molecule has 0 aliphatic heterocycles. The summed E-state index contributed by atoms with van der Waals surface area (Å²) in [7, 11) is 2.94. The Bertz CT molecular complexity index is 621. The Morgan fingerprint density at radius 1 is 1.29 bits per heavy atom. The first kappa shape index (κ1) is 15.6. The summed E-state index contributed by atoms with van der Waals surface area (Å²) in [6, 6.07) is 3.87. The number of rotatable bonds is 5. The predicted octanol–water partition coefficient (Wildman–Crippen LogP) is 1.95. The highest BCUT2D eigenvalue weighted by atomic mass is 79.9. The third kappa shape index (κ3) is 3.46. The van der Waals surface area contributed by atoms with Crippen molar-refractivity contribution in [1.29, 1.82) is 0 Å². The van der Waals surface area contributed by atoms with Crippen LogP contribution < -0.4 is 20.7 Å². The number of aromatic nitrogens is 2. The summed E-state index contributed by atoms with van der Waals surface area (Å²) in [6.45, 7) is 0. The molecule has 1 aromatic heterocycles. The van der Waals surface area contributed by atoms with Crippen molar-refractivity contribution in [2.75, 3.05) is 14.2 Å². The maximum absolute atomic E-state index is 13.6. The number of halogens is 2. The molecule has 2 aromatic rings. The van der Waals surface area contributed by atoms with E-state index in [-0.39, 0.29) is 11.7 Å². The second kappa shape index (κ2) is 6.79. The number of nitrogens with zero attached hydrogens (tertiary/aromatic N) is 2. The first-order valence-corrected chi connectivity index (χ1v) is 6.75. The van der Waals surface area contributed by atoms with Crippen LogP contribution in [0, 0.1) is 5.82 Å². The molecular formula is C13H14BrFN4O2. The van der Waals surface area contributed by atoms with E-state index in [4.69, 9.17) is 15.3 Å². The van der Waals surface area contributed by atoms with Crippen molar-refractivity contribution in [1.82, 2.24) is 15.4 Å². The van der Waals surface area contributed by atoms with E-state index in [1.807, 2.05) is 0 Å². The van der Waals surface area contributed by atoms with E-state index < -0.39 is 6.04 Å². The van der Waals surface area contributed by atoms with Crippen molar-refractivity contribution in [2.45, 2.75) is 6.04 Å². The summed E-state index contributed by atoms with van der Waals surface area (Å²) in [5, 5.41) is 0. The van der Waals surface area contributed by atoms with Crippen LogP contribution in [0.15, 0.2) is 28.9 Å². The minimum atomic E-state index is -0.578. The van der Waals surface area contributed by atoms with Crippen molar-refractivity contribution < 1.29 is 13.9 Å². The van der Waals surface area contributed by atoms with Gasteiger partial charge < -0.3 is 9.47 Å². The number of hydrogen-bond acceptors (Lipinski definition) is 6. The first-order valence-electron chi connectivity index (χ1n) is 5.96. The minimum absolute atomic E-state index is 0.248. The summed E-state index contributed by atoms with van der Waals surface area (Å²) in [4.78, 5) is 8.38. The molecule has 0 saturated heterocycles. The summed E-state index contributed by atoms with van der Waals surface area (Å²) in [6.07, 6.45) is 1.44. The van der Waals surface area contributed by atoms with Gasteiger partial charge in [0.2, 0.25) is 11.8 Å². The van der Waals surface area contributed by atoms with Gasteiger partial charge in [0.05, 0.1) is 26.5 Å². The van der Waals surface area contributed by atoms with Crippen LogP contribution in [0.5, 0.6) is 11.8 Å². The average Bonchev–Trinajstić information content (AvgIpc) is 2.47. The second-order valence-electron chi connectivity index (χ2n) is 4.11. The third-order valence-electron chi connectivity index (χ3n) is 2.81. The molecule has 6 nitrogen and oxygen atoms in total. The normalized spacial score (nSPS) is 12.0. The molecule has 8 heteroatoms. The Labute approximate surface area is 129 Å². The summed E-state index contributed by atoms with van der Waals surface area (Å²) >= 11 is 3.25. The first-order chi connectivity index (χ1) is 10.1. The number of methoxy groups -OCH3 is 2. The molecule has 0 aliphatic carbocycles. The van der Waals surface area contributed by atoms with Gasteiger partial charge in [-0.05, 0) is 23.8 Å². The number of nitrogens with two attached hydrogens (primary N) is 1. The monoisotopic (exact) mass is 356 g/mol. The van der Waals surface area contributed by atoms with Crippen LogP contribution in [-0.4, -0.2) is 24.2 Å². The number of hydrogen-bond donors (Lipinski definition) is 2. The topological polar surface area (TPSA) is 82.3 Å². The van der Waals surface area contributed by atoms with Crippen molar-refractivity contribution >= 4 is 15.9 Å². The number of benzene rings is 1. The van der Waals surface area contributed by atoms with Gasteiger partial charge in [-0.2, -0.15) is 4.98 Å². The fourth-order valence-electron chi connectivity index (χ4n) is 1.89. The molecule has 0 radical (unpaired) electrons. The Hall–Kier alpha value is -1.77. The number of ether oxygens (including phenoxy) is 2. The van der Waals surface area contributed by atoms with Gasteiger partial charge in [-0.25, -0.2) is 14.8 Å². The van der Waals surface area contributed by atoms with Crippen LogP contribution in [0.4, 0.5) is 4.39 Å². The van der Waals surface area contributed by atoms with Gasteiger partial charge in [0.15, 0.2) is 0 Å². The van der Waals surface area contributed by atoms with Crippen molar-refractivity contribution in [3.63, 3.8) is 0 Å². The van der Waals surface area contributed by atoms with E-state index >= 15 is 0 Å². The lowest BCUT2D eigenvalue weighted by atomic mass is 10.0. The maximum atomic E-state index is 13.6. The van der Waals surface area contributed by atoms with Crippen molar-refractivity contribution in [3.05, 3.63) is 45.9 Å². The van der Waals surface area contributed by atoms with Crippen LogP contribution in [0.1, 0.15) is 17.3 Å². The van der Waals surface area contributed by atoms with Crippen LogP contribution in [0.25, 0.3) is 0 Å². The van der Waals surface area contributed by atoms with E-state index in [1.165, 1.54) is 32.5 Å². The van der Waals surface area contributed by atoms with E-state index in [2.05, 4.69) is 31.3 Å². The SMILES string of the molecule is COc1cnc(C(NN)c2cc(F)cc(Br)c2)c(OC)n1. The number of hydrazine groups is 1. The highest BCUT2D eigenvalue weighted by Gasteiger charge is 2.21. The highest BCUT2D eigenvalue weighted by molar-refractivity contribution is 9.10. The molecule has 0 spiro atoms. The molecule has 1 aromatic carbocycles. The van der Waals surface area contributed by atoms with Crippen LogP contribution >= 0.6 is 15.9 Å². The highest BCUT2D eigenvalue weighted by Crippen LogP contribution is 2.29. The Morgan fingerprint density at radius 2 is 2.05 bits per heavy atom. The van der Waals surface area contributed by atoms with E-state index in [0.29, 0.717) is 21.6 Å². The quantitative estimate of drug-likeness (QED) is 0.629. The van der Waals surface area contributed by atoms with Gasteiger partial charge in [0.1, 0.15) is 11.5 Å². The number of nitrogens with one attached hydrogen (secondary N) is 1. The molecule has 21 heavy (non-hydrogen) atoms. The molecular weight excluding hydrogens is 343 g/mol. The molecule has 1 unspecified atom stereocenters. The largest absolute Gasteiger partial charge is 0.480 e. The smallest absolute Gasteiger partial charge is 0.240 e. The second-order valence-corrected chi connectivity index (χ2v) is 5.03. The third-order valence-corrected chi connectivity index (χ3v) is 3.26. The van der Waals surface area contributed by atoms with E-state index in [0.717, 1.165) is 0 Å². The molecule has 1 heterocycles. The van der Waals surface area contributed by atoms with Gasteiger partial charge in [-0.15, -0.1) is 0 Å². The minimum Gasteiger partial charge on any atom is -0.480 e. The van der Waals surface area contributed by atoms with Gasteiger partial charge in [-0.1, -0.05) is 15.9 Å². The fraction of sp³-hybridized carbons (Fsp3) is 0.231. The molecule has 0 saturated carbocycles. The van der Waals surface area contributed by atoms with Gasteiger partial charge in [0.25, 0.3) is 0 Å². The molecule has 0 amide bonds. The zero-order valence-electron chi connectivity index (χ0n) is 11.4.